The molecule has 1 aliphatic carbocycles. The summed E-state index contributed by atoms with van der Waals surface area (Å²) in [7, 11) is -3.25. The predicted molar refractivity (Wildman–Crippen MR) is 57.9 cm³/mol. The number of fused-ring (bicyclic) bond motifs is 1. The van der Waals surface area contributed by atoms with E-state index in [1.54, 1.807) is 20.8 Å². The van der Waals surface area contributed by atoms with Crippen molar-refractivity contribution < 1.29 is 13.5 Å². The Hall–Kier alpha value is -0.130. The number of rotatable bonds is 1. The summed E-state index contributed by atoms with van der Waals surface area (Å²) in [6, 6.07) is -0.0686. The van der Waals surface area contributed by atoms with E-state index in [9.17, 15) is 13.5 Å². The fourth-order valence-electron chi connectivity index (χ4n) is 2.36. The molecule has 2 aliphatic rings. The lowest BCUT2D eigenvalue weighted by molar-refractivity contribution is 0.142. The zero-order chi connectivity index (χ0) is 11.4. The van der Waals surface area contributed by atoms with E-state index in [2.05, 4.69) is 0 Å². The van der Waals surface area contributed by atoms with Gasteiger partial charge in [-0.25, -0.2) is 8.42 Å². The molecule has 0 radical (unpaired) electrons. The van der Waals surface area contributed by atoms with E-state index in [1.165, 1.54) is 4.31 Å². The highest BCUT2D eigenvalue weighted by Crippen LogP contribution is 2.45. The molecule has 1 heterocycles. The zero-order valence-electron chi connectivity index (χ0n) is 9.47. The molecule has 88 valence electrons. The van der Waals surface area contributed by atoms with Crippen LogP contribution in [0.3, 0.4) is 0 Å². The minimum atomic E-state index is -3.25. The van der Waals surface area contributed by atoms with Crippen LogP contribution in [0.25, 0.3) is 0 Å². The van der Waals surface area contributed by atoms with E-state index in [0.29, 0.717) is 0 Å². The maximum Gasteiger partial charge on any atom is 0.219 e. The zero-order valence-corrected chi connectivity index (χ0v) is 10.3. The van der Waals surface area contributed by atoms with Gasteiger partial charge in [-0.05, 0) is 40.0 Å². The summed E-state index contributed by atoms with van der Waals surface area (Å²) < 4.78 is 25.0. The molecule has 0 bridgehead atoms. The average Bonchev–Trinajstić information content (AvgIpc) is 2.77. The van der Waals surface area contributed by atoms with Gasteiger partial charge >= 0.3 is 0 Å². The van der Waals surface area contributed by atoms with Gasteiger partial charge in [0.15, 0.2) is 0 Å². The Morgan fingerprint density at radius 2 is 1.87 bits per heavy atom. The minimum absolute atomic E-state index is 0.0676. The summed E-state index contributed by atoms with van der Waals surface area (Å²) in [6.07, 6.45) is 2.10. The number of hydrogen-bond donors (Lipinski definition) is 1. The molecule has 4 nitrogen and oxygen atoms in total. The van der Waals surface area contributed by atoms with Crippen LogP contribution in [-0.2, 0) is 10.0 Å². The van der Waals surface area contributed by atoms with Crippen molar-refractivity contribution in [2.75, 3.05) is 0 Å². The van der Waals surface area contributed by atoms with E-state index < -0.39 is 20.9 Å². The number of aliphatic hydroxyl groups is 1. The lowest BCUT2D eigenvalue weighted by Gasteiger charge is -2.20. The minimum Gasteiger partial charge on any atom is -0.391 e. The van der Waals surface area contributed by atoms with Crippen molar-refractivity contribution in [3.05, 3.63) is 0 Å². The number of nitrogens with zero attached hydrogens (tertiary/aromatic N) is 1. The third-order valence-electron chi connectivity index (χ3n) is 3.37. The first kappa shape index (κ1) is 11.4. The third-order valence-corrected chi connectivity index (χ3v) is 5.99. The first-order chi connectivity index (χ1) is 6.77. The summed E-state index contributed by atoms with van der Waals surface area (Å²) in [4.78, 5) is 0. The van der Waals surface area contributed by atoms with Crippen LogP contribution in [0, 0.1) is 0 Å². The van der Waals surface area contributed by atoms with E-state index >= 15 is 0 Å². The highest BCUT2D eigenvalue weighted by atomic mass is 32.2. The molecule has 1 unspecified atom stereocenters. The smallest absolute Gasteiger partial charge is 0.219 e. The quantitative estimate of drug-likeness (QED) is 0.679. The lowest BCUT2D eigenvalue weighted by atomic mass is 9.98. The second kappa shape index (κ2) is 3.18. The number of aliphatic hydroxyl groups excluding tert-OH is 1. The topological polar surface area (TPSA) is 57.4 Å². The monoisotopic (exact) mass is 233 g/mol. The summed E-state index contributed by atoms with van der Waals surface area (Å²) >= 11 is 0. The van der Waals surface area contributed by atoms with Gasteiger partial charge in [-0.2, -0.15) is 4.31 Å². The van der Waals surface area contributed by atoms with Gasteiger partial charge in [0.1, 0.15) is 0 Å². The van der Waals surface area contributed by atoms with Crippen LogP contribution < -0.4 is 0 Å². The predicted octanol–water partition coefficient (Wildman–Crippen LogP) is 0.712. The van der Waals surface area contributed by atoms with Crippen molar-refractivity contribution in [2.45, 2.75) is 63.0 Å². The van der Waals surface area contributed by atoms with E-state index in [1.807, 2.05) is 0 Å². The van der Waals surface area contributed by atoms with Crippen molar-refractivity contribution in [3.63, 3.8) is 0 Å². The maximum absolute atomic E-state index is 12.1. The molecule has 4 atom stereocenters. The third kappa shape index (κ3) is 1.61. The van der Waals surface area contributed by atoms with Gasteiger partial charge in [-0.3, -0.25) is 0 Å². The molecule has 0 spiro atoms. The fourth-order valence-corrected chi connectivity index (χ4v) is 4.13. The summed E-state index contributed by atoms with van der Waals surface area (Å²) in [6.45, 7) is 5.12. The first-order valence-electron chi connectivity index (χ1n) is 5.48. The second-order valence-electron chi connectivity index (χ2n) is 5.50. The Balaban J connectivity index is 2.22. The molecular formula is C10H19NO3S. The van der Waals surface area contributed by atoms with Crippen molar-refractivity contribution in [1.82, 2.24) is 4.31 Å². The average molecular weight is 233 g/mol. The van der Waals surface area contributed by atoms with Gasteiger partial charge in [0.2, 0.25) is 10.0 Å². The normalized spacial score (nSPS) is 41.1. The Morgan fingerprint density at radius 3 is 2.33 bits per heavy atom. The first-order valence-corrected chi connectivity index (χ1v) is 6.92. The van der Waals surface area contributed by atoms with Crippen molar-refractivity contribution in [3.8, 4) is 0 Å². The SMILES string of the molecule is CC(C)(C)S(=O)(=O)N1[C@@H]2[C@H](O)CCC[C@@H]21. The number of hydrogen-bond acceptors (Lipinski definition) is 3. The molecule has 15 heavy (non-hydrogen) atoms. The summed E-state index contributed by atoms with van der Waals surface area (Å²) in [5, 5.41) is 9.71. The van der Waals surface area contributed by atoms with E-state index in [-0.39, 0.29) is 12.1 Å². The molecule has 1 saturated heterocycles. The van der Waals surface area contributed by atoms with Gasteiger partial charge in [0, 0.05) is 6.04 Å². The molecule has 1 aliphatic heterocycles. The Bertz CT molecular complexity index is 357. The van der Waals surface area contributed by atoms with Crippen molar-refractivity contribution in [1.29, 1.82) is 0 Å². The van der Waals surface area contributed by atoms with Crippen LogP contribution in [-0.4, -0.2) is 40.8 Å². The van der Waals surface area contributed by atoms with E-state index in [4.69, 9.17) is 0 Å². The summed E-state index contributed by atoms with van der Waals surface area (Å²) in [5.41, 5.74) is 0. The van der Waals surface area contributed by atoms with Gasteiger partial charge in [-0.1, -0.05) is 0 Å². The molecule has 0 amide bonds. The van der Waals surface area contributed by atoms with Gasteiger partial charge < -0.3 is 5.11 Å². The van der Waals surface area contributed by atoms with Gasteiger partial charge in [0.05, 0.1) is 16.9 Å². The maximum atomic E-state index is 12.1. The molecular weight excluding hydrogens is 214 g/mol. The Kier molecular flexibility index (Phi) is 2.41. The largest absolute Gasteiger partial charge is 0.391 e. The molecule has 2 fully saturated rings. The standard InChI is InChI=1S/C10H19NO3S/c1-10(2,3)15(13,14)11-7-5-4-6-8(12)9(7)11/h7-9,12H,4-6H2,1-3H3/t7-,8+,9-,11?/m0/s1. The molecule has 5 heteroatoms. The highest BCUT2D eigenvalue weighted by Gasteiger charge is 2.61. The van der Waals surface area contributed by atoms with Crippen LogP contribution in [0.4, 0.5) is 0 Å². The number of sulfonamides is 1. The van der Waals surface area contributed by atoms with Crippen LogP contribution in [0.2, 0.25) is 0 Å². The fraction of sp³-hybridized carbons (Fsp3) is 1.00. The molecule has 0 aromatic rings. The van der Waals surface area contributed by atoms with Gasteiger partial charge in [-0.15, -0.1) is 0 Å². The van der Waals surface area contributed by atoms with Crippen LogP contribution in [0.1, 0.15) is 40.0 Å². The highest BCUT2D eigenvalue weighted by molar-refractivity contribution is 7.90. The molecule has 1 N–H and O–H groups in total. The van der Waals surface area contributed by atoms with Crippen LogP contribution >= 0.6 is 0 Å². The lowest BCUT2D eigenvalue weighted by Crippen LogP contribution is -2.36. The van der Waals surface area contributed by atoms with Crippen LogP contribution in [0.15, 0.2) is 0 Å². The molecule has 2 rings (SSSR count). The molecule has 1 saturated carbocycles. The van der Waals surface area contributed by atoms with E-state index in [0.717, 1.165) is 19.3 Å². The Morgan fingerprint density at radius 1 is 1.27 bits per heavy atom. The molecule has 0 aromatic heterocycles. The second-order valence-corrected chi connectivity index (χ2v) is 8.10. The van der Waals surface area contributed by atoms with Crippen LogP contribution in [0.5, 0.6) is 0 Å². The molecule has 0 aromatic carbocycles. The van der Waals surface area contributed by atoms with Crippen molar-refractivity contribution >= 4 is 10.0 Å². The Labute approximate surface area is 91.3 Å². The van der Waals surface area contributed by atoms with Crippen molar-refractivity contribution in [2.24, 2.45) is 0 Å². The summed E-state index contributed by atoms with van der Waals surface area (Å²) in [5.74, 6) is 0. The van der Waals surface area contributed by atoms with Gasteiger partial charge in [0.25, 0.3) is 0 Å².